The molecule has 1 aliphatic heterocycles. The van der Waals surface area contributed by atoms with Crippen LogP contribution in [0.1, 0.15) is 10.8 Å². The number of fused-ring (bicyclic) bond motifs is 1. The molecule has 0 aliphatic carbocycles. The van der Waals surface area contributed by atoms with Gasteiger partial charge in [0.25, 0.3) is 0 Å². The second-order valence-corrected chi connectivity index (χ2v) is 8.81. The number of thiocarbonyl (C=S) groups is 1. The van der Waals surface area contributed by atoms with Crippen molar-refractivity contribution in [2.75, 3.05) is 0 Å². The van der Waals surface area contributed by atoms with Gasteiger partial charge in [0.15, 0.2) is 0 Å². The van der Waals surface area contributed by atoms with Crippen LogP contribution >= 0.6 is 35.7 Å². The van der Waals surface area contributed by atoms with Gasteiger partial charge in [0, 0.05) is 4.90 Å². The topological polar surface area (TPSA) is 29.1 Å². The van der Waals surface area contributed by atoms with Gasteiger partial charge in [-0.15, -0.1) is 11.8 Å². The lowest BCUT2D eigenvalue weighted by atomic mass is 10.0. The highest BCUT2D eigenvalue weighted by molar-refractivity contribution is 8.24. The molecule has 1 saturated heterocycles. The predicted molar refractivity (Wildman–Crippen MR) is 111 cm³/mol. The Bertz CT molecular complexity index is 942. The molecule has 0 aromatic heterocycles. The number of thioether (sulfide) groups is 2. The second kappa shape index (κ2) is 7.20. The molecule has 25 heavy (non-hydrogen) atoms. The summed E-state index contributed by atoms with van der Waals surface area (Å²) < 4.78 is 0.564. The van der Waals surface area contributed by atoms with E-state index in [1.807, 2.05) is 30.3 Å². The Morgan fingerprint density at radius 1 is 0.960 bits per heavy atom. The summed E-state index contributed by atoms with van der Waals surface area (Å²) in [7, 11) is 0. The fraction of sp³-hybridized carbons (Fsp3) is 0.100. The second-order valence-electron chi connectivity index (χ2n) is 5.77. The average Bonchev–Trinajstić information content (AvgIpc) is 2.98. The Labute approximate surface area is 160 Å². The molecule has 3 aromatic rings. The summed E-state index contributed by atoms with van der Waals surface area (Å²) in [6.07, 6.45) is 0. The lowest BCUT2D eigenvalue weighted by Gasteiger charge is -2.21. The van der Waals surface area contributed by atoms with Crippen LogP contribution < -0.4 is 5.32 Å². The molecule has 4 rings (SSSR count). The first kappa shape index (κ1) is 16.6. The summed E-state index contributed by atoms with van der Waals surface area (Å²) in [6.45, 7) is 0. The van der Waals surface area contributed by atoms with Crippen LogP contribution in [0.3, 0.4) is 0 Å². The molecular formula is C20H15NOS3. The molecule has 1 N–H and O–H groups in total. The Morgan fingerprint density at radius 3 is 2.40 bits per heavy atom. The molecular weight excluding hydrogens is 366 g/mol. The Balaban J connectivity index is 1.75. The van der Waals surface area contributed by atoms with Crippen LogP contribution in [0.5, 0.6) is 0 Å². The van der Waals surface area contributed by atoms with Crippen LogP contribution in [0.15, 0.2) is 77.7 Å². The Hall–Kier alpha value is -1.82. The molecule has 1 aliphatic rings. The van der Waals surface area contributed by atoms with E-state index in [0.717, 1.165) is 10.5 Å². The summed E-state index contributed by atoms with van der Waals surface area (Å²) in [5.74, 6) is -0.00316. The van der Waals surface area contributed by atoms with E-state index >= 15 is 0 Å². The summed E-state index contributed by atoms with van der Waals surface area (Å²) in [5, 5.41) is 4.94. The third-order valence-corrected chi connectivity index (χ3v) is 7.06. The van der Waals surface area contributed by atoms with Crippen molar-refractivity contribution in [3.8, 4) is 0 Å². The molecule has 0 radical (unpaired) electrons. The van der Waals surface area contributed by atoms with Crippen LogP contribution in [0.4, 0.5) is 0 Å². The van der Waals surface area contributed by atoms with Crippen molar-refractivity contribution in [2.24, 2.45) is 0 Å². The smallest absolute Gasteiger partial charge is 0.240 e. The van der Waals surface area contributed by atoms with Crippen molar-refractivity contribution < 1.29 is 4.79 Å². The fourth-order valence-corrected chi connectivity index (χ4v) is 5.62. The van der Waals surface area contributed by atoms with Crippen molar-refractivity contribution in [1.82, 2.24) is 5.32 Å². The summed E-state index contributed by atoms with van der Waals surface area (Å²) in [6, 6.07) is 24.9. The molecule has 3 aromatic carbocycles. The maximum Gasteiger partial charge on any atom is 0.240 e. The van der Waals surface area contributed by atoms with Crippen molar-refractivity contribution in [1.29, 1.82) is 0 Å². The zero-order valence-electron chi connectivity index (χ0n) is 13.2. The standard InChI is InChI=1S/C20H15NOS3/c22-19-18(25-20(23)21-19)17(24-16-8-2-1-3-9-16)15-11-10-13-6-4-5-7-14(13)12-15/h1-12,17-18H,(H,21,22,23). The van der Waals surface area contributed by atoms with E-state index in [0.29, 0.717) is 4.32 Å². The van der Waals surface area contributed by atoms with Gasteiger partial charge in [-0.25, -0.2) is 0 Å². The van der Waals surface area contributed by atoms with Gasteiger partial charge in [0.1, 0.15) is 9.57 Å². The molecule has 0 bridgehead atoms. The van der Waals surface area contributed by atoms with E-state index in [1.165, 1.54) is 22.5 Å². The Kier molecular flexibility index (Phi) is 4.79. The number of hydrogen-bond donors (Lipinski definition) is 1. The molecule has 1 amide bonds. The van der Waals surface area contributed by atoms with Gasteiger partial charge in [-0.3, -0.25) is 4.79 Å². The number of carbonyl (C=O) groups excluding carboxylic acids is 1. The number of rotatable bonds is 4. The van der Waals surface area contributed by atoms with E-state index in [-0.39, 0.29) is 16.4 Å². The van der Waals surface area contributed by atoms with Crippen LogP contribution in [0.25, 0.3) is 10.8 Å². The van der Waals surface area contributed by atoms with Crippen LogP contribution in [-0.2, 0) is 4.79 Å². The molecule has 0 spiro atoms. The highest BCUT2D eigenvalue weighted by atomic mass is 32.2. The third-order valence-electron chi connectivity index (χ3n) is 4.10. The molecule has 2 atom stereocenters. The van der Waals surface area contributed by atoms with E-state index in [1.54, 1.807) is 11.8 Å². The summed E-state index contributed by atoms with van der Waals surface area (Å²) >= 11 is 8.37. The first-order valence-corrected chi connectivity index (χ1v) is 10.1. The SMILES string of the molecule is O=C1NC(=S)SC1C(Sc1ccccc1)c1ccc2ccccc2c1. The average molecular weight is 382 g/mol. The van der Waals surface area contributed by atoms with Crippen LogP contribution in [0, 0.1) is 0 Å². The number of nitrogens with one attached hydrogen (secondary N) is 1. The maximum absolute atomic E-state index is 12.4. The van der Waals surface area contributed by atoms with Gasteiger partial charge in [0.05, 0.1) is 5.25 Å². The lowest BCUT2D eigenvalue weighted by molar-refractivity contribution is -0.118. The van der Waals surface area contributed by atoms with E-state index in [9.17, 15) is 4.79 Å². The first-order chi connectivity index (χ1) is 12.2. The monoisotopic (exact) mass is 381 g/mol. The molecule has 1 fully saturated rings. The van der Waals surface area contributed by atoms with Crippen molar-refractivity contribution in [3.05, 3.63) is 78.4 Å². The van der Waals surface area contributed by atoms with Gasteiger partial charge in [-0.1, -0.05) is 78.6 Å². The molecule has 2 nitrogen and oxygen atoms in total. The van der Waals surface area contributed by atoms with Gasteiger partial charge >= 0.3 is 0 Å². The van der Waals surface area contributed by atoms with Crippen molar-refractivity contribution in [2.45, 2.75) is 15.4 Å². The highest BCUT2D eigenvalue weighted by Crippen LogP contribution is 2.44. The molecule has 1 heterocycles. The molecule has 5 heteroatoms. The molecule has 0 saturated carbocycles. The van der Waals surface area contributed by atoms with E-state index < -0.39 is 0 Å². The van der Waals surface area contributed by atoms with E-state index in [2.05, 4.69) is 47.8 Å². The zero-order valence-corrected chi connectivity index (χ0v) is 15.7. The minimum absolute atomic E-state index is 0.00236. The minimum atomic E-state index is -0.223. The predicted octanol–water partition coefficient (Wildman–Crippen LogP) is 5.19. The van der Waals surface area contributed by atoms with Gasteiger partial charge in [-0.2, -0.15) is 0 Å². The summed E-state index contributed by atoms with van der Waals surface area (Å²) in [4.78, 5) is 13.6. The highest BCUT2D eigenvalue weighted by Gasteiger charge is 2.37. The van der Waals surface area contributed by atoms with Gasteiger partial charge in [0.2, 0.25) is 5.91 Å². The summed E-state index contributed by atoms with van der Waals surface area (Å²) in [5.41, 5.74) is 1.14. The van der Waals surface area contributed by atoms with Gasteiger partial charge < -0.3 is 5.32 Å². The van der Waals surface area contributed by atoms with Crippen LogP contribution in [-0.4, -0.2) is 15.5 Å². The number of carbonyl (C=O) groups is 1. The minimum Gasteiger partial charge on any atom is -0.311 e. The molecule has 124 valence electrons. The normalized spacial score (nSPS) is 18.3. The van der Waals surface area contributed by atoms with Crippen molar-refractivity contribution >= 4 is 56.7 Å². The largest absolute Gasteiger partial charge is 0.311 e. The number of hydrogen-bond acceptors (Lipinski definition) is 4. The van der Waals surface area contributed by atoms with Crippen LogP contribution in [0.2, 0.25) is 0 Å². The number of amides is 1. The molecule has 2 unspecified atom stereocenters. The maximum atomic E-state index is 12.4. The van der Waals surface area contributed by atoms with E-state index in [4.69, 9.17) is 12.2 Å². The Morgan fingerprint density at radius 2 is 1.68 bits per heavy atom. The lowest BCUT2D eigenvalue weighted by Crippen LogP contribution is -2.27. The first-order valence-electron chi connectivity index (χ1n) is 7.92. The third kappa shape index (κ3) is 3.59. The quantitative estimate of drug-likeness (QED) is 0.497. The van der Waals surface area contributed by atoms with Gasteiger partial charge in [-0.05, 0) is 34.5 Å². The van der Waals surface area contributed by atoms with Crippen molar-refractivity contribution in [3.63, 3.8) is 0 Å². The number of benzene rings is 3. The zero-order chi connectivity index (χ0) is 17.2. The fourth-order valence-electron chi connectivity index (χ4n) is 2.90.